The zero-order chi connectivity index (χ0) is 15.7. The minimum absolute atomic E-state index is 0.150. The van der Waals surface area contributed by atoms with Gasteiger partial charge in [0.15, 0.2) is 0 Å². The molecule has 2 aromatic heterocycles. The summed E-state index contributed by atoms with van der Waals surface area (Å²) in [6.45, 7) is 2.40. The van der Waals surface area contributed by atoms with E-state index in [1.165, 1.54) is 15.6 Å². The minimum Gasteiger partial charge on any atom is -0.268 e. The molecular weight excluding hydrogens is 339 g/mol. The summed E-state index contributed by atoms with van der Waals surface area (Å²) in [5.74, 6) is 0. The van der Waals surface area contributed by atoms with E-state index < -0.39 is 0 Å². The maximum Gasteiger partial charge on any atom is 0.267 e. The number of hydrogen-bond donors (Lipinski definition) is 0. The van der Waals surface area contributed by atoms with E-state index in [4.69, 9.17) is 23.2 Å². The Morgan fingerprint density at radius 2 is 1.91 bits per heavy atom. The van der Waals surface area contributed by atoms with Gasteiger partial charge in [-0.05, 0) is 42.8 Å². The van der Waals surface area contributed by atoms with Crippen LogP contribution in [0.4, 0.5) is 0 Å². The Hall–Kier alpha value is -1.62. The molecule has 0 aliphatic heterocycles. The normalized spacial score (nSPS) is 10.9. The summed E-state index contributed by atoms with van der Waals surface area (Å²) in [4.78, 5) is 14.3. The van der Waals surface area contributed by atoms with Gasteiger partial charge < -0.3 is 0 Å². The summed E-state index contributed by atoms with van der Waals surface area (Å²) in [7, 11) is 0. The van der Waals surface area contributed by atoms with Crippen LogP contribution in [0.15, 0.2) is 47.3 Å². The first-order chi connectivity index (χ1) is 10.5. The summed E-state index contributed by atoms with van der Waals surface area (Å²) in [5, 5.41) is 5.41. The van der Waals surface area contributed by atoms with E-state index in [9.17, 15) is 4.79 Å². The van der Waals surface area contributed by atoms with Gasteiger partial charge in [0.25, 0.3) is 5.56 Å². The van der Waals surface area contributed by atoms with Gasteiger partial charge >= 0.3 is 0 Å². The largest absolute Gasteiger partial charge is 0.268 e. The fourth-order valence-corrected chi connectivity index (χ4v) is 3.23. The van der Waals surface area contributed by atoms with Crippen molar-refractivity contribution in [3.63, 3.8) is 0 Å². The predicted octanol–water partition coefficient (Wildman–Crippen LogP) is 4.64. The van der Waals surface area contributed by atoms with Crippen LogP contribution in [0.5, 0.6) is 0 Å². The average Bonchev–Trinajstić information content (AvgIpc) is 2.92. The number of rotatable bonds is 3. The molecule has 3 rings (SSSR count). The van der Waals surface area contributed by atoms with Gasteiger partial charge in [-0.15, -0.1) is 11.3 Å². The van der Waals surface area contributed by atoms with Crippen molar-refractivity contribution in [2.24, 2.45) is 0 Å². The van der Waals surface area contributed by atoms with Crippen LogP contribution in [0.1, 0.15) is 10.4 Å². The number of nitrogens with zero attached hydrogens (tertiary/aromatic N) is 2. The van der Waals surface area contributed by atoms with Crippen molar-refractivity contribution >= 4 is 34.5 Å². The molecule has 0 spiro atoms. The number of aromatic nitrogens is 2. The van der Waals surface area contributed by atoms with Crippen LogP contribution < -0.4 is 5.56 Å². The molecule has 22 heavy (non-hydrogen) atoms. The highest BCUT2D eigenvalue weighted by Crippen LogP contribution is 2.25. The number of benzene rings is 1. The summed E-state index contributed by atoms with van der Waals surface area (Å²) in [6, 6.07) is 12.6. The average molecular weight is 351 g/mol. The Bertz CT molecular complexity index is 886. The van der Waals surface area contributed by atoms with Crippen molar-refractivity contribution in [2.75, 3.05) is 0 Å². The zero-order valence-corrected chi connectivity index (χ0v) is 14.0. The molecule has 0 bridgehead atoms. The van der Waals surface area contributed by atoms with Crippen molar-refractivity contribution in [1.29, 1.82) is 0 Å². The zero-order valence-electron chi connectivity index (χ0n) is 11.7. The third-order valence-electron chi connectivity index (χ3n) is 3.18. The lowest BCUT2D eigenvalue weighted by Gasteiger charge is -2.07. The van der Waals surface area contributed by atoms with Gasteiger partial charge in [0.2, 0.25) is 0 Å². The van der Waals surface area contributed by atoms with E-state index in [1.807, 2.05) is 25.1 Å². The number of thiophene rings is 1. The Labute approximate surface area is 141 Å². The molecule has 2 heterocycles. The van der Waals surface area contributed by atoms with Crippen LogP contribution in [-0.4, -0.2) is 9.78 Å². The quantitative estimate of drug-likeness (QED) is 0.689. The van der Waals surface area contributed by atoms with Gasteiger partial charge in [0.1, 0.15) is 5.69 Å². The van der Waals surface area contributed by atoms with Gasteiger partial charge in [-0.3, -0.25) is 4.79 Å². The molecule has 3 nitrogen and oxygen atoms in total. The van der Waals surface area contributed by atoms with Crippen LogP contribution in [0.25, 0.3) is 10.6 Å². The molecule has 0 atom stereocenters. The van der Waals surface area contributed by atoms with Crippen LogP contribution in [-0.2, 0) is 6.54 Å². The molecule has 0 radical (unpaired) electrons. The first kappa shape index (κ1) is 15.3. The molecule has 0 saturated heterocycles. The monoisotopic (exact) mass is 350 g/mol. The Morgan fingerprint density at radius 3 is 2.59 bits per heavy atom. The van der Waals surface area contributed by atoms with Crippen molar-refractivity contribution < 1.29 is 0 Å². The fraction of sp³-hybridized carbons (Fsp3) is 0.125. The first-order valence-corrected chi connectivity index (χ1v) is 8.19. The van der Waals surface area contributed by atoms with E-state index in [1.54, 1.807) is 29.5 Å². The number of halogens is 2. The lowest BCUT2D eigenvalue weighted by atomic mass is 10.2. The lowest BCUT2D eigenvalue weighted by Crippen LogP contribution is -2.22. The second-order valence-electron chi connectivity index (χ2n) is 4.87. The topological polar surface area (TPSA) is 34.9 Å². The SMILES string of the molecule is Cc1ccc(-c2ccc(=O)n(Cc3ccc(Cl)c(Cl)c3)n2)s1. The second kappa shape index (κ2) is 6.24. The van der Waals surface area contributed by atoms with Crippen LogP contribution in [0.2, 0.25) is 10.0 Å². The fourth-order valence-electron chi connectivity index (χ4n) is 2.08. The van der Waals surface area contributed by atoms with Crippen molar-refractivity contribution in [3.05, 3.63) is 73.3 Å². The molecule has 0 unspecified atom stereocenters. The molecule has 1 aromatic carbocycles. The Kier molecular flexibility index (Phi) is 4.34. The first-order valence-electron chi connectivity index (χ1n) is 6.62. The molecule has 112 valence electrons. The summed E-state index contributed by atoms with van der Waals surface area (Å²) in [6.07, 6.45) is 0. The molecule has 0 aliphatic rings. The van der Waals surface area contributed by atoms with Gasteiger partial charge in [-0.2, -0.15) is 5.10 Å². The summed E-state index contributed by atoms with van der Waals surface area (Å²) < 4.78 is 1.43. The van der Waals surface area contributed by atoms with Gasteiger partial charge in [0.05, 0.1) is 21.5 Å². The lowest BCUT2D eigenvalue weighted by molar-refractivity contribution is 0.643. The van der Waals surface area contributed by atoms with Crippen molar-refractivity contribution in [2.45, 2.75) is 13.5 Å². The maximum absolute atomic E-state index is 12.0. The third kappa shape index (κ3) is 3.24. The molecule has 6 heteroatoms. The van der Waals surface area contributed by atoms with Crippen LogP contribution in [0.3, 0.4) is 0 Å². The minimum atomic E-state index is -0.150. The summed E-state index contributed by atoms with van der Waals surface area (Å²) >= 11 is 13.6. The maximum atomic E-state index is 12.0. The van der Waals surface area contributed by atoms with Crippen molar-refractivity contribution in [3.8, 4) is 10.6 Å². The highest BCUT2D eigenvalue weighted by atomic mass is 35.5. The number of aryl methyl sites for hydroxylation is 1. The van der Waals surface area contributed by atoms with E-state index in [0.717, 1.165) is 16.1 Å². The molecule has 0 amide bonds. The molecule has 0 fully saturated rings. The Balaban J connectivity index is 1.96. The van der Waals surface area contributed by atoms with Gasteiger partial charge in [-0.1, -0.05) is 29.3 Å². The smallest absolute Gasteiger partial charge is 0.267 e. The van der Waals surface area contributed by atoms with Crippen molar-refractivity contribution in [1.82, 2.24) is 9.78 Å². The molecule has 0 N–H and O–H groups in total. The third-order valence-corrected chi connectivity index (χ3v) is 4.94. The Morgan fingerprint density at radius 1 is 1.09 bits per heavy atom. The van der Waals surface area contributed by atoms with Gasteiger partial charge in [0, 0.05) is 10.9 Å². The highest BCUT2D eigenvalue weighted by Gasteiger charge is 2.07. The van der Waals surface area contributed by atoms with Crippen LogP contribution in [0, 0.1) is 6.92 Å². The molecular formula is C16H12Cl2N2OS. The summed E-state index contributed by atoms with van der Waals surface area (Å²) in [5.41, 5.74) is 1.52. The van der Waals surface area contributed by atoms with E-state index in [-0.39, 0.29) is 5.56 Å². The molecule has 0 aliphatic carbocycles. The van der Waals surface area contributed by atoms with E-state index in [0.29, 0.717) is 16.6 Å². The van der Waals surface area contributed by atoms with E-state index >= 15 is 0 Å². The molecule has 0 saturated carbocycles. The van der Waals surface area contributed by atoms with Crippen LogP contribution >= 0.6 is 34.5 Å². The van der Waals surface area contributed by atoms with Gasteiger partial charge in [-0.25, -0.2) is 4.68 Å². The molecule has 3 aromatic rings. The number of hydrogen-bond acceptors (Lipinski definition) is 3. The highest BCUT2D eigenvalue weighted by molar-refractivity contribution is 7.15. The standard InChI is InChI=1S/C16H12Cl2N2OS/c1-10-2-6-15(22-10)14-5-7-16(21)20(19-14)9-11-3-4-12(17)13(18)8-11/h2-8H,9H2,1H3. The second-order valence-corrected chi connectivity index (χ2v) is 6.98. The van der Waals surface area contributed by atoms with E-state index in [2.05, 4.69) is 5.10 Å². The predicted molar refractivity (Wildman–Crippen MR) is 92.1 cm³/mol.